The van der Waals surface area contributed by atoms with Gasteiger partial charge in [-0.3, -0.25) is 9.59 Å². The van der Waals surface area contributed by atoms with Gasteiger partial charge in [0.2, 0.25) is 6.79 Å². The van der Waals surface area contributed by atoms with Gasteiger partial charge in [-0.2, -0.15) is 0 Å². The maximum absolute atomic E-state index is 12.8. The molecule has 0 aromatic heterocycles. The molecule has 1 amide bonds. The summed E-state index contributed by atoms with van der Waals surface area (Å²) in [6, 6.07) is 21.3. The third-order valence-corrected chi connectivity index (χ3v) is 4.34. The molecule has 0 fully saturated rings. The summed E-state index contributed by atoms with van der Waals surface area (Å²) in [6.45, 7) is 0.531. The Bertz CT molecular complexity index is 998. The predicted octanol–water partition coefficient (Wildman–Crippen LogP) is 3.58. The summed E-state index contributed by atoms with van der Waals surface area (Å²) < 4.78 is 10.6. The number of nitrogens with one attached hydrogen (secondary N) is 1. The number of benzene rings is 3. The molecule has 0 saturated carbocycles. The molecule has 0 atom stereocenters. The third kappa shape index (κ3) is 3.53. The first kappa shape index (κ1) is 16.8. The molecule has 3 aromatic rings. The summed E-state index contributed by atoms with van der Waals surface area (Å²) >= 11 is 0. The number of carbonyl (C=O) groups is 2. The Kier molecular flexibility index (Phi) is 4.58. The molecule has 5 heteroatoms. The van der Waals surface area contributed by atoms with Gasteiger partial charge >= 0.3 is 0 Å². The molecule has 0 bridgehead atoms. The fourth-order valence-corrected chi connectivity index (χ4v) is 2.95. The Morgan fingerprint density at radius 2 is 1.52 bits per heavy atom. The summed E-state index contributed by atoms with van der Waals surface area (Å²) in [5, 5.41) is 2.87. The largest absolute Gasteiger partial charge is 0.454 e. The van der Waals surface area contributed by atoms with Gasteiger partial charge in [0.15, 0.2) is 17.3 Å². The van der Waals surface area contributed by atoms with Crippen molar-refractivity contribution in [2.45, 2.75) is 6.54 Å². The van der Waals surface area contributed by atoms with Crippen molar-refractivity contribution >= 4 is 11.7 Å². The van der Waals surface area contributed by atoms with E-state index in [1.54, 1.807) is 48.5 Å². The molecular formula is C22H17NO4. The van der Waals surface area contributed by atoms with Gasteiger partial charge < -0.3 is 14.8 Å². The summed E-state index contributed by atoms with van der Waals surface area (Å²) in [6.07, 6.45) is 0. The minimum atomic E-state index is -0.299. The van der Waals surface area contributed by atoms with Gasteiger partial charge in [-0.15, -0.1) is 0 Å². The Morgan fingerprint density at radius 1 is 0.815 bits per heavy atom. The Hall–Kier alpha value is -3.60. The van der Waals surface area contributed by atoms with Crippen LogP contribution in [0.5, 0.6) is 11.5 Å². The summed E-state index contributed by atoms with van der Waals surface area (Å²) in [7, 11) is 0. The van der Waals surface area contributed by atoms with Crippen LogP contribution < -0.4 is 14.8 Å². The molecule has 4 rings (SSSR count). The first-order chi connectivity index (χ1) is 13.2. The monoisotopic (exact) mass is 359 g/mol. The number of rotatable bonds is 5. The number of amides is 1. The molecule has 1 heterocycles. The highest BCUT2D eigenvalue weighted by atomic mass is 16.7. The van der Waals surface area contributed by atoms with E-state index >= 15 is 0 Å². The van der Waals surface area contributed by atoms with E-state index in [0.717, 1.165) is 5.56 Å². The van der Waals surface area contributed by atoms with Gasteiger partial charge in [-0.05, 0) is 23.8 Å². The van der Waals surface area contributed by atoms with Crippen molar-refractivity contribution in [1.82, 2.24) is 5.32 Å². The molecule has 134 valence electrons. The van der Waals surface area contributed by atoms with Crippen molar-refractivity contribution in [3.63, 3.8) is 0 Å². The lowest BCUT2D eigenvalue weighted by Crippen LogP contribution is -2.25. The van der Waals surface area contributed by atoms with Crippen LogP contribution in [0, 0.1) is 0 Å². The third-order valence-electron chi connectivity index (χ3n) is 4.34. The molecule has 27 heavy (non-hydrogen) atoms. The van der Waals surface area contributed by atoms with Crippen LogP contribution in [0.2, 0.25) is 0 Å². The normalized spacial score (nSPS) is 11.9. The van der Waals surface area contributed by atoms with E-state index in [9.17, 15) is 9.59 Å². The van der Waals surface area contributed by atoms with Crippen LogP contribution in [-0.4, -0.2) is 18.5 Å². The van der Waals surface area contributed by atoms with E-state index in [0.29, 0.717) is 34.7 Å². The second-order valence-corrected chi connectivity index (χ2v) is 6.11. The number of hydrogen-bond acceptors (Lipinski definition) is 4. The lowest BCUT2D eigenvalue weighted by molar-refractivity contribution is 0.0939. The second-order valence-electron chi connectivity index (χ2n) is 6.11. The van der Waals surface area contributed by atoms with E-state index in [-0.39, 0.29) is 18.5 Å². The van der Waals surface area contributed by atoms with E-state index < -0.39 is 0 Å². The average molecular weight is 359 g/mol. The van der Waals surface area contributed by atoms with Crippen LogP contribution in [0.25, 0.3) is 0 Å². The average Bonchev–Trinajstić information content (AvgIpc) is 3.20. The smallest absolute Gasteiger partial charge is 0.252 e. The number of ketones is 1. The van der Waals surface area contributed by atoms with Crippen molar-refractivity contribution in [2.75, 3.05) is 6.79 Å². The molecule has 1 N–H and O–H groups in total. The Balaban J connectivity index is 1.52. The van der Waals surface area contributed by atoms with Crippen LogP contribution in [0.3, 0.4) is 0 Å². The zero-order valence-electron chi connectivity index (χ0n) is 14.5. The van der Waals surface area contributed by atoms with Crippen LogP contribution in [0.1, 0.15) is 31.8 Å². The van der Waals surface area contributed by atoms with Crippen LogP contribution >= 0.6 is 0 Å². The highest BCUT2D eigenvalue weighted by Gasteiger charge is 2.18. The minimum Gasteiger partial charge on any atom is -0.454 e. The van der Waals surface area contributed by atoms with Gasteiger partial charge in [0.25, 0.3) is 5.91 Å². The van der Waals surface area contributed by atoms with Crippen molar-refractivity contribution in [1.29, 1.82) is 0 Å². The zero-order valence-corrected chi connectivity index (χ0v) is 14.5. The van der Waals surface area contributed by atoms with Crippen molar-refractivity contribution in [3.8, 4) is 11.5 Å². The maximum atomic E-state index is 12.8. The highest BCUT2D eigenvalue weighted by molar-refractivity contribution is 6.15. The summed E-state index contributed by atoms with van der Waals surface area (Å²) in [5.74, 6) is 0.891. The van der Waals surface area contributed by atoms with Crippen LogP contribution in [0.15, 0.2) is 72.8 Å². The molecule has 0 spiro atoms. The molecule has 0 unspecified atom stereocenters. The van der Waals surface area contributed by atoms with E-state index in [1.165, 1.54) is 0 Å². The minimum absolute atomic E-state index is 0.176. The fraction of sp³-hybridized carbons (Fsp3) is 0.0909. The molecule has 0 aliphatic carbocycles. The summed E-state index contributed by atoms with van der Waals surface area (Å²) in [5.41, 5.74) is 2.17. The van der Waals surface area contributed by atoms with Gasteiger partial charge in [-0.1, -0.05) is 54.6 Å². The SMILES string of the molecule is O=C(NCc1ccc2c(c1)OCO2)c1ccccc1C(=O)c1ccccc1. The lowest BCUT2D eigenvalue weighted by atomic mass is 9.98. The number of ether oxygens (including phenoxy) is 2. The van der Waals surface area contributed by atoms with Crippen molar-refractivity contribution in [3.05, 3.63) is 95.1 Å². The quantitative estimate of drug-likeness (QED) is 0.707. The number of fused-ring (bicyclic) bond motifs is 1. The maximum Gasteiger partial charge on any atom is 0.252 e. The highest BCUT2D eigenvalue weighted by Crippen LogP contribution is 2.32. The first-order valence-electron chi connectivity index (χ1n) is 8.58. The van der Waals surface area contributed by atoms with Crippen molar-refractivity contribution < 1.29 is 19.1 Å². The van der Waals surface area contributed by atoms with Crippen LogP contribution in [0.4, 0.5) is 0 Å². The molecule has 3 aromatic carbocycles. The van der Waals surface area contributed by atoms with Crippen LogP contribution in [-0.2, 0) is 6.54 Å². The molecule has 0 saturated heterocycles. The summed E-state index contributed by atoms with van der Waals surface area (Å²) in [4.78, 5) is 25.5. The van der Waals surface area contributed by atoms with E-state index in [1.807, 2.05) is 24.3 Å². The standard InChI is InChI=1S/C22H17NO4/c24-21(16-6-2-1-3-7-16)17-8-4-5-9-18(17)22(25)23-13-15-10-11-19-20(12-15)27-14-26-19/h1-12H,13-14H2,(H,23,25). The number of hydrogen-bond donors (Lipinski definition) is 1. The Morgan fingerprint density at radius 3 is 2.33 bits per heavy atom. The lowest BCUT2D eigenvalue weighted by Gasteiger charge is -2.10. The topological polar surface area (TPSA) is 64.6 Å². The van der Waals surface area contributed by atoms with Crippen molar-refractivity contribution in [2.24, 2.45) is 0 Å². The fourth-order valence-electron chi connectivity index (χ4n) is 2.95. The zero-order chi connectivity index (χ0) is 18.6. The molecule has 1 aliphatic rings. The van der Waals surface area contributed by atoms with Gasteiger partial charge in [-0.25, -0.2) is 0 Å². The van der Waals surface area contributed by atoms with Gasteiger partial charge in [0, 0.05) is 17.7 Å². The van der Waals surface area contributed by atoms with Gasteiger partial charge in [0.1, 0.15) is 0 Å². The van der Waals surface area contributed by atoms with Gasteiger partial charge in [0.05, 0.1) is 5.56 Å². The Labute approximate surface area is 156 Å². The molecule has 0 radical (unpaired) electrons. The van der Waals surface area contributed by atoms with E-state index in [2.05, 4.69) is 5.32 Å². The van der Waals surface area contributed by atoms with E-state index in [4.69, 9.17) is 9.47 Å². The first-order valence-corrected chi connectivity index (χ1v) is 8.58. The molecule has 5 nitrogen and oxygen atoms in total. The second kappa shape index (κ2) is 7.33. The predicted molar refractivity (Wildman–Crippen MR) is 100 cm³/mol. The number of carbonyl (C=O) groups excluding carboxylic acids is 2. The molecular weight excluding hydrogens is 342 g/mol. The molecule has 1 aliphatic heterocycles.